The highest BCUT2D eigenvalue weighted by atomic mass is 35.5. The lowest BCUT2D eigenvalue weighted by atomic mass is 10.1. The van der Waals surface area contributed by atoms with Gasteiger partial charge in [-0.1, -0.05) is 23.7 Å². The van der Waals surface area contributed by atoms with Crippen LogP contribution in [0.5, 0.6) is 0 Å². The van der Waals surface area contributed by atoms with Gasteiger partial charge in [0.1, 0.15) is 0 Å². The molecule has 3 atom stereocenters. The maximum atomic E-state index is 12.7. The van der Waals surface area contributed by atoms with Crippen LogP contribution in [0.15, 0.2) is 24.3 Å². The molecule has 6 heteroatoms. The Kier molecular flexibility index (Phi) is 3.26. The molecule has 1 aromatic rings. The molecule has 4 rings (SSSR count). The van der Waals surface area contributed by atoms with Crippen molar-refractivity contribution >= 4 is 23.5 Å². The number of fused-ring (bicyclic) bond motifs is 1. The molecule has 1 aliphatic carbocycles. The molecule has 0 aromatic heterocycles. The first-order valence-corrected chi connectivity index (χ1v) is 8.10. The third kappa shape index (κ3) is 2.33. The Labute approximate surface area is 134 Å². The van der Waals surface area contributed by atoms with E-state index in [1.807, 2.05) is 34.1 Å². The first-order valence-electron chi connectivity index (χ1n) is 7.72. The predicted molar refractivity (Wildman–Crippen MR) is 82.8 cm³/mol. The smallest absolute Gasteiger partial charge is 0.317 e. The molecule has 1 N–H and O–H groups in total. The fourth-order valence-electron chi connectivity index (χ4n) is 3.59. The first-order chi connectivity index (χ1) is 10.6. The molecule has 2 saturated heterocycles. The number of carbonyl (C=O) groups excluding carboxylic acids is 2. The van der Waals surface area contributed by atoms with E-state index < -0.39 is 0 Å². The van der Waals surface area contributed by atoms with E-state index in [0.29, 0.717) is 32.1 Å². The van der Waals surface area contributed by atoms with Gasteiger partial charge >= 0.3 is 6.03 Å². The fraction of sp³-hybridized carbons (Fsp3) is 0.500. The third-order valence-electron chi connectivity index (χ3n) is 4.95. The first kappa shape index (κ1) is 13.9. The standard InChI is InChI=1S/C16H18ClN3O2/c17-11-3-1-10(2-4-11)13-7-14(13)15(21)19-5-6-20-12(9-19)8-18-16(20)22/h1-4,12-14H,5-9H2,(H,18,22)/t12?,13-,14+/m0/s1. The van der Waals surface area contributed by atoms with E-state index in [0.717, 1.165) is 11.4 Å². The summed E-state index contributed by atoms with van der Waals surface area (Å²) in [5.74, 6) is 0.655. The van der Waals surface area contributed by atoms with Crippen molar-refractivity contribution in [2.45, 2.75) is 18.4 Å². The van der Waals surface area contributed by atoms with E-state index in [4.69, 9.17) is 11.6 Å². The van der Waals surface area contributed by atoms with Crippen molar-refractivity contribution in [1.82, 2.24) is 15.1 Å². The highest BCUT2D eigenvalue weighted by molar-refractivity contribution is 6.30. The fourth-order valence-corrected chi connectivity index (χ4v) is 3.71. The summed E-state index contributed by atoms with van der Waals surface area (Å²) in [5.41, 5.74) is 1.19. The molecule has 2 heterocycles. The Morgan fingerprint density at radius 1 is 1.23 bits per heavy atom. The van der Waals surface area contributed by atoms with E-state index in [2.05, 4.69) is 5.32 Å². The van der Waals surface area contributed by atoms with Gasteiger partial charge in [0.05, 0.1) is 6.04 Å². The molecule has 3 amide bonds. The van der Waals surface area contributed by atoms with Crippen LogP contribution in [-0.4, -0.2) is 54.0 Å². The van der Waals surface area contributed by atoms with Crippen LogP contribution < -0.4 is 5.32 Å². The lowest BCUT2D eigenvalue weighted by Crippen LogP contribution is -2.54. The molecule has 3 aliphatic rings. The Morgan fingerprint density at radius 3 is 2.77 bits per heavy atom. The number of hydrogen-bond acceptors (Lipinski definition) is 2. The molecule has 2 aliphatic heterocycles. The van der Waals surface area contributed by atoms with Crippen molar-refractivity contribution in [3.63, 3.8) is 0 Å². The van der Waals surface area contributed by atoms with Crippen LogP contribution in [0.1, 0.15) is 17.9 Å². The molecule has 0 radical (unpaired) electrons. The summed E-state index contributed by atoms with van der Waals surface area (Å²) in [7, 11) is 0. The van der Waals surface area contributed by atoms with Crippen LogP contribution in [-0.2, 0) is 4.79 Å². The molecule has 3 fully saturated rings. The second kappa shape index (κ2) is 5.16. The maximum Gasteiger partial charge on any atom is 0.317 e. The average molecular weight is 320 g/mol. The second-order valence-electron chi connectivity index (χ2n) is 6.32. The third-order valence-corrected chi connectivity index (χ3v) is 5.20. The molecular formula is C16H18ClN3O2. The van der Waals surface area contributed by atoms with Gasteiger partial charge in [-0.3, -0.25) is 4.79 Å². The summed E-state index contributed by atoms with van der Waals surface area (Å²) in [6, 6.07) is 7.92. The Balaban J connectivity index is 1.39. The van der Waals surface area contributed by atoms with Gasteiger partial charge < -0.3 is 15.1 Å². The number of nitrogens with one attached hydrogen (secondary N) is 1. The zero-order valence-electron chi connectivity index (χ0n) is 12.2. The highest BCUT2D eigenvalue weighted by Crippen LogP contribution is 2.48. The topological polar surface area (TPSA) is 52.7 Å². The van der Waals surface area contributed by atoms with Gasteiger partial charge in [0.25, 0.3) is 0 Å². The van der Waals surface area contributed by atoms with E-state index in [1.165, 1.54) is 5.56 Å². The summed E-state index contributed by atoms with van der Waals surface area (Å²) < 4.78 is 0. The lowest BCUT2D eigenvalue weighted by molar-refractivity contribution is -0.134. The van der Waals surface area contributed by atoms with Gasteiger partial charge in [-0.25, -0.2) is 4.79 Å². The van der Waals surface area contributed by atoms with Crippen LogP contribution in [0, 0.1) is 5.92 Å². The van der Waals surface area contributed by atoms with Gasteiger partial charge in [-0.15, -0.1) is 0 Å². The van der Waals surface area contributed by atoms with Crippen molar-refractivity contribution < 1.29 is 9.59 Å². The largest absolute Gasteiger partial charge is 0.339 e. The van der Waals surface area contributed by atoms with Gasteiger partial charge in [0.2, 0.25) is 5.91 Å². The number of benzene rings is 1. The molecular weight excluding hydrogens is 302 g/mol. The van der Waals surface area contributed by atoms with Gasteiger partial charge in [-0.05, 0) is 30.0 Å². The van der Waals surface area contributed by atoms with E-state index in [9.17, 15) is 9.59 Å². The number of hydrogen-bond donors (Lipinski definition) is 1. The normalized spacial score (nSPS) is 30.0. The SMILES string of the molecule is O=C([C@@H]1C[C@H]1c1ccc(Cl)cc1)N1CCN2C(=O)NCC2C1. The maximum absolute atomic E-state index is 12.7. The highest BCUT2D eigenvalue weighted by Gasteiger charge is 2.47. The van der Waals surface area contributed by atoms with Crippen LogP contribution in [0.3, 0.4) is 0 Å². The molecule has 1 aromatic carbocycles. The number of halogens is 1. The van der Waals surface area contributed by atoms with Crippen LogP contribution in [0.25, 0.3) is 0 Å². The number of piperazine rings is 1. The lowest BCUT2D eigenvalue weighted by Gasteiger charge is -2.36. The Bertz CT molecular complexity index is 618. The minimum Gasteiger partial charge on any atom is -0.339 e. The molecule has 22 heavy (non-hydrogen) atoms. The van der Waals surface area contributed by atoms with Crippen LogP contribution >= 0.6 is 11.6 Å². The Morgan fingerprint density at radius 2 is 2.00 bits per heavy atom. The quantitative estimate of drug-likeness (QED) is 0.901. The predicted octanol–water partition coefficient (Wildman–Crippen LogP) is 1.68. The van der Waals surface area contributed by atoms with Crippen molar-refractivity contribution in [2.24, 2.45) is 5.92 Å². The molecule has 0 spiro atoms. The molecule has 116 valence electrons. The number of nitrogens with zero attached hydrogens (tertiary/aromatic N) is 2. The monoisotopic (exact) mass is 319 g/mol. The zero-order chi connectivity index (χ0) is 15.3. The summed E-state index contributed by atoms with van der Waals surface area (Å²) in [5, 5.41) is 3.57. The van der Waals surface area contributed by atoms with Gasteiger partial charge in [0, 0.05) is 37.1 Å². The molecule has 5 nitrogen and oxygen atoms in total. The number of carbonyl (C=O) groups is 2. The number of rotatable bonds is 2. The van der Waals surface area contributed by atoms with Gasteiger partial charge in [0.15, 0.2) is 0 Å². The summed E-state index contributed by atoms with van der Waals surface area (Å²) in [4.78, 5) is 28.0. The summed E-state index contributed by atoms with van der Waals surface area (Å²) in [6.45, 7) is 2.59. The second-order valence-corrected chi connectivity index (χ2v) is 6.75. The van der Waals surface area contributed by atoms with E-state index in [1.54, 1.807) is 0 Å². The molecule has 1 unspecified atom stereocenters. The average Bonchev–Trinajstić information content (AvgIpc) is 3.25. The van der Waals surface area contributed by atoms with Crippen LogP contribution in [0.4, 0.5) is 4.79 Å². The van der Waals surface area contributed by atoms with Crippen molar-refractivity contribution in [3.8, 4) is 0 Å². The van der Waals surface area contributed by atoms with Crippen molar-refractivity contribution in [2.75, 3.05) is 26.2 Å². The minimum atomic E-state index is 0.00237. The summed E-state index contributed by atoms with van der Waals surface area (Å²) >= 11 is 5.91. The zero-order valence-corrected chi connectivity index (χ0v) is 12.9. The Hall–Kier alpha value is -1.75. The van der Waals surface area contributed by atoms with E-state index >= 15 is 0 Å². The van der Waals surface area contributed by atoms with Gasteiger partial charge in [-0.2, -0.15) is 0 Å². The van der Waals surface area contributed by atoms with Crippen molar-refractivity contribution in [3.05, 3.63) is 34.9 Å². The molecule has 0 bridgehead atoms. The number of urea groups is 1. The van der Waals surface area contributed by atoms with E-state index in [-0.39, 0.29) is 23.9 Å². The minimum absolute atomic E-state index is 0.00237. The van der Waals surface area contributed by atoms with Crippen molar-refractivity contribution in [1.29, 1.82) is 0 Å². The number of amides is 3. The molecule has 1 saturated carbocycles. The summed E-state index contributed by atoms with van der Waals surface area (Å²) in [6.07, 6.45) is 0.919. The van der Waals surface area contributed by atoms with Crippen LogP contribution in [0.2, 0.25) is 5.02 Å².